The predicted octanol–water partition coefficient (Wildman–Crippen LogP) is 3.95. The molecular weight excluding hydrogens is 340 g/mol. The molecule has 1 fully saturated rings. The van der Waals surface area contributed by atoms with E-state index in [0.29, 0.717) is 17.3 Å². The summed E-state index contributed by atoms with van der Waals surface area (Å²) in [5.74, 6) is 0. The van der Waals surface area contributed by atoms with E-state index in [1.165, 1.54) is 0 Å². The Labute approximate surface area is 152 Å². The number of rotatable bonds is 5. The number of nitrogens with one attached hydrogen (secondary N) is 1. The van der Waals surface area contributed by atoms with Crippen LogP contribution in [0.2, 0.25) is 5.02 Å². The highest BCUT2D eigenvalue weighted by atomic mass is 35.5. The fourth-order valence-electron chi connectivity index (χ4n) is 3.21. The van der Waals surface area contributed by atoms with Crippen LogP contribution in [0.3, 0.4) is 0 Å². The third-order valence-electron chi connectivity index (χ3n) is 4.52. The molecule has 0 spiro atoms. The highest BCUT2D eigenvalue weighted by molar-refractivity contribution is 6.32. The van der Waals surface area contributed by atoms with E-state index in [0.717, 1.165) is 37.9 Å². The van der Waals surface area contributed by atoms with Crippen molar-refractivity contribution >= 4 is 23.3 Å². The number of amides is 2. The highest BCUT2D eigenvalue weighted by Gasteiger charge is 2.26. The van der Waals surface area contributed by atoms with E-state index in [2.05, 4.69) is 10.3 Å². The van der Waals surface area contributed by atoms with Gasteiger partial charge in [0.15, 0.2) is 0 Å². The van der Waals surface area contributed by atoms with Crippen molar-refractivity contribution in [2.24, 2.45) is 0 Å². The van der Waals surface area contributed by atoms with Gasteiger partial charge in [-0.1, -0.05) is 11.6 Å². The summed E-state index contributed by atoms with van der Waals surface area (Å²) in [7, 11) is 1.69. The number of aromatic nitrogens is 2. The Morgan fingerprint density at radius 2 is 2.32 bits per heavy atom. The van der Waals surface area contributed by atoms with Gasteiger partial charge in [0.1, 0.15) is 0 Å². The first-order valence-electron chi connectivity index (χ1n) is 8.53. The van der Waals surface area contributed by atoms with Crippen LogP contribution >= 0.6 is 11.6 Å². The summed E-state index contributed by atoms with van der Waals surface area (Å²) in [6.45, 7) is 1.45. The van der Waals surface area contributed by atoms with E-state index in [-0.39, 0.29) is 12.1 Å². The number of urea groups is 1. The fraction of sp³-hybridized carbons (Fsp3) is 0.444. The molecule has 1 atom stereocenters. The highest BCUT2D eigenvalue weighted by Crippen LogP contribution is 2.26. The topological polar surface area (TPSA) is 59.4 Å². The molecule has 1 aliphatic rings. The summed E-state index contributed by atoms with van der Waals surface area (Å²) in [6.07, 6.45) is 9.30. The molecule has 0 unspecified atom stereocenters. The molecule has 25 heavy (non-hydrogen) atoms. The minimum atomic E-state index is -0.0766. The lowest BCUT2D eigenvalue weighted by Gasteiger charge is -2.35. The van der Waals surface area contributed by atoms with Crippen molar-refractivity contribution < 1.29 is 9.53 Å². The SMILES string of the molecule is COCC[C@@H]1CCCCN1C(=O)Nc1ccc(-n2ccnc2)c(Cl)c1. The van der Waals surface area contributed by atoms with Gasteiger partial charge in [-0.2, -0.15) is 0 Å². The number of hydrogen-bond donors (Lipinski definition) is 1. The molecule has 6 nitrogen and oxygen atoms in total. The van der Waals surface area contributed by atoms with E-state index in [1.54, 1.807) is 25.7 Å². The summed E-state index contributed by atoms with van der Waals surface area (Å²) >= 11 is 6.36. The summed E-state index contributed by atoms with van der Waals surface area (Å²) in [5.41, 5.74) is 1.52. The van der Waals surface area contributed by atoms with E-state index < -0.39 is 0 Å². The fourth-order valence-corrected chi connectivity index (χ4v) is 3.49. The van der Waals surface area contributed by atoms with Crippen LogP contribution in [0, 0.1) is 0 Å². The van der Waals surface area contributed by atoms with Gasteiger partial charge in [0.05, 0.1) is 17.0 Å². The number of carbonyl (C=O) groups excluding carboxylic acids is 1. The molecule has 1 aromatic carbocycles. The molecule has 0 saturated carbocycles. The van der Waals surface area contributed by atoms with Crippen LogP contribution in [-0.2, 0) is 4.74 Å². The van der Waals surface area contributed by atoms with Gasteiger partial charge in [-0.05, 0) is 43.9 Å². The average Bonchev–Trinajstić information content (AvgIpc) is 3.14. The molecule has 0 aliphatic carbocycles. The molecule has 3 rings (SSSR count). The molecule has 1 aromatic heterocycles. The number of carbonyl (C=O) groups is 1. The van der Waals surface area contributed by atoms with Gasteiger partial charge in [0, 0.05) is 44.4 Å². The standard InChI is InChI=1S/C18H23ClN4O2/c1-25-11-7-15-4-2-3-9-23(15)18(24)21-14-5-6-17(16(19)12-14)22-10-8-20-13-22/h5-6,8,10,12-13,15H,2-4,7,9,11H2,1H3,(H,21,24)/t15-/m0/s1. The third kappa shape index (κ3) is 4.32. The van der Waals surface area contributed by atoms with Gasteiger partial charge in [0.25, 0.3) is 0 Å². The molecule has 1 aliphatic heterocycles. The molecule has 134 valence electrons. The maximum absolute atomic E-state index is 12.7. The number of imidazole rings is 1. The lowest BCUT2D eigenvalue weighted by Crippen LogP contribution is -2.46. The zero-order chi connectivity index (χ0) is 17.6. The zero-order valence-electron chi connectivity index (χ0n) is 14.3. The Balaban J connectivity index is 1.68. The monoisotopic (exact) mass is 362 g/mol. The number of benzene rings is 1. The van der Waals surface area contributed by atoms with Gasteiger partial charge in [-0.15, -0.1) is 0 Å². The number of methoxy groups -OCH3 is 1. The Hall–Kier alpha value is -2.05. The van der Waals surface area contributed by atoms with Crippen LogP contribution in [0.4, 0.5) is 10.5 Å². The molecule has 1 saturated heterocycles. The van der Waals surface area contributed by atoms with E-state index in [1.807, 2.05) is 27.8 Å². The second-order valence-corrected chi connectivity index (χ2v) is 6.60. The second kappa shape index (κ2) is 8.36. The third-order valence-corrected chi connectivity index (χ3v) is 4.83. The Morgan fingerprint density at radius 1 is 1.44 bits per heavy atom. The first-order valence-corrected chi connectivity index (χ1v) is 8.91. The maximum Gasteiger partial charge on any atom is 0.322 e. The van der Waals surface area contributed by atoms with Gasteiger partial charge in [-0.25, -0.2) is 9.78 Å². The molecule has 1 N–H and O–H groups in total. The molecule has 2 heterocycles. The van der Waals surface area contributed by atoms with Gasteiger partial charge < -0.3 is 19.5 Å². The number of likely N-dealkylation sites (tertiary alicyclic amines) is 1. The van der Waals surface area contributed by atoms with Crippen LogP contribution in [0.5, 0.6) is 0 Å². The van der Waals surface area contributed by atoms with Crippen LogP contribution in [0.15, 0.2) is 36.9 Å². The number of ether oxygens (including phenoxy) is 1. The average molecular weight is 363 g/mol. The number of anilines is 1. The van der Waals surface area contributed by atoms with Crippen molar-refractivity contribution in [1.82, 2.24) is 14.5 Å². The minimum absolute atomic E-state index is 0.0766. The van der Waals surface area contributed by atoms with Crippen LogP contribution < -0.4 is 5.32 Å². The molecule has 7 heteroatoms. The van der Waals surface area contributed by atoms with Crippen molar-refractivity contribution in [2.75, 3.05) is 25.6 Å². The molecule has 0 radical (unpaired) electrons. The summed E-state index contributed by atoms with van der Waals surface area (Å²) < 4.78 is 7.00. The Bertz CT molecular complexity index is 705. The van der Waals surface area contributed by atoms with E-state index in [9.17, 15) is 4.79 Å². The molecular formula is C18H23ClN4O2. The maximum atomic E-state index is 12.7. The number of hydrogen-bond acceptors (Lipinski definition) is 3. The van der Waals surface area contributed by atoms with Crippen molar-refractivity contribution in [1.29, 1.82) is 0 Å². The zero-order valence-corrected chi connectivity index (χ0v) is 15.1. The normalized spacial score (nSPS) is 17.5. The van der Waals surface area contributed by atoms with Crippen LogP contribution in [0.1, 0.15) is 25.7 Å². The van der Waals surface area contributed by atoms with Crippen LogP contribution in [-0.4, -0.2) is 46.8 Å². The summed E-state index contributed by atoms with van der Waals surface area (Å²) in [6, 6.07) is 5.65. The molecule has 2 aromatic rings. The predicted molar refractivity (Wildman–Crippen MR) is 98.4 cm³/mol. The Kier molecular flexibility index (Phi) is 5.94. The van der Waals surface area contributed by atoms with Gasteiger partial charge >= 0.3 is 6.03 Å². The smallest absolute Gasteiger partial charge is 0.322 e. The van der Waals surface area contributed by atoms with Crippen molar-refractivity contribution in [3.8, 4) is 5.69 Å². The summed E-state index contributed by atoms with van der Waals surface area (Å²) in [4.78, 5) is 18.6. The van der Waals surface area contributed by atoms with E-state index in [4.69, 9.17) is 16.3 Å². The lowest BCUT2D eigenvalue weighted by molar-refractivity contribution is 0.123. The lowest BCUT2D eigenvalue weighted by atomic mass is 10.00. The first kappa shape index (κ1) is 17.8. The quantitative estimate of drug-likeness (QED) is 0.876. The minimum Gasteiger partial charge on any atom is -0.385 e. The van der Waals surface area contributed by atoms with Crippen molar-refractivity contribution in [2.45, 2.75) is 31.7 Å². The van der Waals surface area contributed by atoms with Gasteiger partial charge in [0.2, 0.25) is 0 Å². The largest absolute Gasteiger partial charge is 0.385 e. The number of halogens is 1. The summed E-state index contributed by atoms with van der Waals surface area (Å²) in [5, 5.41) is 3.53. The van der Waals surface area contributed by atoms with Crippen LogP contribution in [0.25, 0.3) is 5.69 Å². The van der Waals surface area contributed by atoms with Crippen molar-refractivity contribution in [3.63, 3.8) is 0 Å². The molecule has 2 amide bonds. The Morgan fingerprint density at radius 3 is 3.04 bits per heavy atom. The van der Waals surface area contributed by atoms with Gasteiger partial charge in [-0.3, -0.25) is 0 Å². The second-order valence-electron chi connectivity index (χ2n) is 6.19. The van der Waals surface area contributed by atoms with E-state index >= 15 is 0 Å². The number of piperidine rings is 1. The van der Waals surface area contributed by atoms with Crippen molar-refractivity contribution in [3.05, 3.63) is 41.9 Å². The number of nitrogens with zero attached hydrogens (tertiary/aromatic N) is 3. The first-order chi connectivity index (χ1) is 12.2. The molecule has 0 bridgehead atoms.